The highest BCUT2D eigenvalue weighted by atomic mass is 79.9. The second-order valence-electron chi connectivity index (χ2n) is 3.36. The summed E-state index contributed by atoms with van der Waals surface area (Å²) in [6.07, 6.45) is 1.73. The Balaban J connectivity index is 2.59. The molecule has 1 heterocycles. The fraction of sp³-hybridized carbons (Fsp3) is 0.200. The highest BCUT2D eigenvalue weighted by molar-refractivity contribution is 9.10. The minimum atomic E-state index is -0.836. The zero-order chi connectivity index (χ0) is 11.0. The second-order valence-corrected chi connectivity index (χ2v) is 4.21. The van der Waals surface area contributed by atoms with Crippen molar-refractivity contribution >= 4 is 32.9 Å². The Kier molecular flexibility index (Phi) is 2.48. The molecule has 0 saturated carbocycles. The second kappa shape index (κ2) is 3.66. The summed E-state index contributed by atoms with van der Waals surface area (Å²) in [6, 6.07) is 3.69. The van der Waals surface area contributed by atoms with E-state index in [4.69, 9.17) is 5.11 Å². The molecule has 5 heteroatoms. The van der Waals surface area contributed by atoms with E-state index in [9.17, 15) is 4.79 Å². The Morgan fingerprint density at radius 3 is 3.00 bits per heavy atom. The number of imidazole rings is 1. The average molecular weight is 269 g/mol. The number of aromatic nitrogens is 2. The van der Waals surface area contributed by atoms with Crippen LogP contribution in [-0.2, 0) is 18.3 Å². The van der Waals surface area contributed by atoms with Crippen LogP contribution in [0, 0.1) is 0 Å². The smallest absolute Gasteiger partial charge is 0.307 e. The van der Waals surface area contributed by atoms with Gasteiger partial charge in [-0.05, 0) is 17.7 Å². The predicted octanol–water partition coefficient (Wildman–Crippen LogP) is 1.96. The van der Waals surface area contributed by atoms with Crippen molar-refractivity contribution < 1.29 is 9.90 Å². The molecule has 2 rings (SSSR count). The molecule has 1 aromatic carbocycles. The number of rotatable bonds is 2. The van der Waals surface area contributed by atoms with Gasteiger partial charge in [-0.1, -0.05) is 15.9 Å². The summed E-state index contributed by atoms with van der Waals surface area (Å²) in [7, 11) is 1.88. The molecule has 0 aliphatic rings. The number of hydrogen-bond donors (Lipinski definition) is 1. The Morgan fingerprint density at radius 2 is 2.33 bits per heavy atom. The van der Waals surface area contributed by atoms with E-state index in [1.54, 1.807) is 6.33 Å². The van der Waals surface area contributed by atoms with Crippen LogP contribution in [-0.4, -0.2) is 20.6 Å². The van der Waals surface area contributed by atoms with Gasteiger partial charge >= 0.3 is 5.97 Å². The highest BCUT2D eigenvalue weighted by Crippen LogP contribution is 2.23. The van der Waals surface area contributed by atoms with Crippen LogP contribution >= 0.6 is 15.9 Å². The van der Waals surface area contributed by atoms with Crippen molar-refractivity contribution in [3.8, 4) is 0 Å². The summed E-state index contributed by atoms with van der Waals surface area (Å²) < 4.78 is 2.66. The van der Waals surface area contributed by atoms with Crippen LogP contribution in [0.1, 0.15) is 5.56 Å². The molecular weight excluding hydrogens is 260 g/mol. The zero-order valence-corrected chi connectivity index (χ0v) is 9.65. The monoisotopic (exact) mass is 268 g/mol. The zero-order valence-electron chi connectivity index (χ0n) is 8.07. The number of hydrogen-bond acceptors (Lipinski definition) is 2. The Morgan fingerprint density at radius 1 is 1.60 bits per heavy atom. The summed E-state index contributed by atoms with van der Waals surface area (Å²) in [5.74, 6) is -0.836. The summed E-state index contributed by atoms with van der Waals surface area (Å²) in [5.41, 5.74) is 2.56. The molecule has 0 spiro atoms. The lowest BCUT2D eigenvalue weighted by Crippen LogP contribution is -2.01. The van der Waals surface area contributed by atoms with Crippen molar-refractivity contribution in [1.29, 1.82) is 0 Å². The van der Waals surface area contributed by atoms with Crippen LogP contribution in [0.4, 0.5) is 0 Å². The number of halogens is 1. The molecule has 0 radical (unpaired) electrons. The lowest BCUT2D eigenvalue weighted by atomic mass is 10.1. The van der Waals surface area contributed by atoms with Gasteiger partial charge < -0.3 is 9.67 Å². The number of fused-ring (bicyclic) bond motifs is 1. The maximum Gasteiger partial charge on any atom is 0.307 e. The minimum Gasteiger partial charge on any atom is -0.481 e. The molecule has 0 aliphatic carbocycles. The molecule has 1 aromatic heterocycles. The molecule has 0 fully saturated rings. The summed E-state index contributed by atoms with van der Waals surface area (Å²) in [4.78, 5) is 14.8. The van der Waals surface area contributed by atoms with Gasteiger partial charge in [0.15, 0.2) is 0 Å². The third-order valence-electron chi connectivity index (χ3n) is 2.24. The quantitative estimate of drug-likeness (QED) is 0.906. The van der Waals surface area contributed by atoms with Gasteiger partial charge in [0.05, 0.1) is 23.8 Å². The molecule has 2 aromatic rings. The fourth-order valence-electron chi connectivity index (χ4n) is 1.49. The normalized spacial score (nSPS) is 10.8. The van der Waals surface area contributed by atoms with Gasteiger partial charge in [-0.3, -0.25) is 4.79 Å². The Hall–Kier alpha value is -1.36. The van der Waals surface area contributed by atoms with Crippen LogP contribution in [0.2, 0.25) is 0 Å². The van der Waals surface area contributed by atoms with E-state index >= 15 is 0 Å². The Labute approximate surface area is 94.7 Å². The van der Waals surface area contributed by atoms with Gasteiger partial charge in [-0.25, -0.2) is 4.98 Å². The van der Waals surface area contributed by atoms with Gasteiger partial charge in [0.1, 0.15) is 0 Å². The van der Waals surface area contributed by atoms with Crippen LogP contribution in [0.25, 0.3) is 11.0 Å². The molecule has 15 heavy (non-hydrogen) atoms. The first-order valence-electron chi connectivity index (χ1n) is 4.39. The number of carbonyl (C=O) groups is 1. The van der Waals surface area contributed by atoms with Crippen molar-refractivity contribution in [2.75, 3.05) is 0 Å². The number of aliphatic carboxylic acids is 1. The molecule has 0 atom stereocenters. The van der Waals surface area contributed by atoms with Crippen LogP contribution in [0.5, 0.6) is 0 Å². The van der Waals surface area contributed by atoms with Crippen molar-refractivity contribution in [3.63, 3.8) is 0 Å². The van der Waals surface area contributed by atoms with Gasteiger partial charge in [0.2, 0.25) is 0 Å². The van der Waals surface area contributed by atoms with Gasteiger partial charge in [-0.2, -0.15) is 0 Å². The van der Waals surface area contributed by atoms with Crippen LogP contribution in [0.3, 0.4) is 0 Å². The standard InChI is InChI=1S/C10H9BrN2O2/c1-13-5-12-8-4-7(11)6(2-9(8)13)3-10(14)15/h2,4-5H,3H2,1H3,(H,14,15). The van der Waals surface area contributed by atoms with Gasteiger partial charge in [-0.15, -0.1) is 0 Å². The van der Waals surface area contributed by atoms with Crippen LogP contribution in [0.15, 0.2) is 22.9 Å². The largest absolute Gasteiger partial charge is 0.481 e. The SMILES string of the molecule is Cn1cnc2cc(Br)c(CC(=O)O)cc21. The molecule has 0 saturated heterocycles. The van der Waals surface area contributed by atoms with E-state index in [2.05, 4.69) is 20.9 Å². The Bertz CT molecular complexity index is 533. The molecule has 1 N–H and O–H groups in total. The van der Waals surface area contributed by atoms with Crippen molar-refractivity contribution in [3.05, 3.63) is 28.5 Å². The number of carboxylic acid groups (broad SMARTS) is 1. The topological polar surface area (TPSA) is 55.1 Å². The highest BCUT2D eigenvalue weighted by Gasteiger charge is 2.09. The summed E-state index contributed by atoms with van der Waals surface area (Å²) >= 11 is 3.34. The number of carboxylic acids is 1. The summed E-state index contributed by atoms with van der Waals surface area (Å²) in [6.45, 7) is 0. The molecular formula is C10H9BrN2O2. The van der Waals surface area contributed by atoms with Crippen LogP contribution < -0.4 is 0 Å². The van der Waals surface area contributed by atoms with Gasteiger partial charge in [0, 0.05) is 11.5 Å². The van der Waals surface area contributed by atoms with Crippen molar-refractivity contribution in [2.45, 2.75) is 6.42 Å². The molecule has 4 nitrogen and oxygen atoms in total. The fourth-order valence-corrected chi connectivity index (χ4v) is 1.96. The number of nitrogens with zero attached hydrogens (tertiary/aromatic N) is 2. The third kappa shape index (κ3) is 1.87. The third-order valence-corrected chi connectivity index (χ3v) is 2.97. The first-order chi connectivity index (χ1) is 7.08. The average Bonchev–Trinajstić information content (AvgIpc) is 2.48. The van der Waals surface area contributed by atoms with Crippen molar-refractivity contribution in [2.24, 2.45) is 7.05 Å². The molecule has 0 aliphatic heterocycles. The van der Waals surface area contributed by atoms with Gasteiger partial charge in [0.25, 0.3) is 0 Å². The lowest BCUT2D eigenvalue weighted by Gasteiger charge is -2.02. The number of aryl methyl sites for hydroxylation is 1. The lowest BCUT2D eigenvalue weighted by molar-refractivity contribution is -0.136. The minimum absolute atomic E-state index is 0.0156. The maximum atomic E-state index is 10.6. The van der Waals surface area contributed by atoms with E-state index < -0.39 is 5.97 Å². The van der Waals surface area contributed by atoms with E-state index in [1.165, 1.54) is 0 Å². The van der Waals surface area contributed by atoms with E-state index in [0.717, 1.165) is 21.1 Å². The predicted molar refractivity (Wildman–Crippen MR) is 59.8 cm³/mol. The number of benzene rings is 1. The first-order valence-corrected chi connectivity index (χ1v) is 5.18. The maximum absolute atomic E-state index is 10.6. The molecule has 78 valence electrons. The molecule has 0 bridgehead atoms. The van der Waals surface area contributed by atoms with E-state index in [1.807, 2.05) is 23.7 Å². The molecule has 0 amide bonds. The van der Waals surface area contributed by atoms with Crippen molar-refractivity contribution in [1.82, 2.24) is 9.55 Å². The van der Waals surface area contributed by atoms with E-state index in [0.29, 0.717) is 0 Å². The molecule has 0 unspecified atom stereocenters. The first kappa shape index (κ1) is 10.2. The summed E-state index contributed by atoms with van der Waals surface area (Å²) in [5, 5.41) is 8.74. The van der Waals surface area contributed by atoms with E-state index in [-0.39, 0.29) is 6.42 Å².